The molecular formula is C10H8BrN3. The molecule has 0 aliphatic carbocycles. The van der Waals surface area contributed by atoms with Crippen molar-refractivity contribution in [3.8, 4) is 0 Å². The second-order valence-corrected chi connectivity index (χ2v) is 2.89. The van der Waals surface area contributed by atoms with Gasteiger partial charge in [0.1, 0.15) is 0 Å². The van der Waals surface area contributed by atoms with Crippen molar-refractivity contribution >= 4 is 22.1 Å². The highest BCUT2D eigenvalue weighted by atomic mass is 79.9. The first-order valence-corrected chi connectivity index (χ1v) is 3.94. The first-order valence-electron chi connectivity index (χ1n) is 3.94. The Hall–Kier alpha value is -1.60. The number of anilines is 1. The van der Waals surface area contributed by atoms with E-state index in [0.717, 1.165) is 10.8 Å². The average molecular weight is 250 g/mol. The van der Waals surface area contributed by atoms with E-state index in [1.54, 1.807) is 12.1 Å². The average Bonchev–Trinajstić information content (AvgIpc) is 2.16. The largest absolute Gasteiger partial charge is 1.00 e. The van der Waals surface area contributed by atoms with Crippen LogP contribution >= 0.6 is 0 Å². The van der Waals surface area contributed by atoms with Crippen LogP contribution in [0.2, 0.25) is 0 Å². The highest BCUT2D eigenvalue weighted by molar-refractivity contribution is 5.88. The van der Waals surface area contributed by atoms with Crippen LogP contribution < -0.4 is 22.7 Å². The molecule has 0 radical (unpaired) electrons. The fourth-order valence-corrected chi connectivity index (χ4v) is 1.31. The Kier molecular flexibility index (Phi) is 3.05. The van der Waals surface area contributed by atoms with Crippen LogP contribution in [0, 0.1) is 5.39 Å². The topological polar surface area (TPSA) is 54.2 Å². The zero-order chi connectivity index (χ0) is 9.26. The second kappa shape index (κ2) is 4.07. The number of nitrogen functional groups attached to an aromatic ring is 1. The summed E-state index contributed by atoms with van der Waals surface area (Å²) in [5, 5.41) is 10.6. The molecule has 2 aromatic carbocycles. The lowest BCUT2D eigenvalue weighted by atomic mass is 10.1. The molecule has 0 saturated heterocycles. The SMILES string of the molecule is N#[N+]c1ccc2ccc(N)cc2c1.[Br-]. The molecule has 2 aromatic rings. The smallest absolute Gasteiger partial charge is 0.385 e. The maximum atomic E-state index is 8.56. The summed E-state index contributed by atoms with van der Waals surface area (Å²) in [6, 6.07) is 11.1. The molecule has 0 spiro atoms. The van der Waals surface area contributed by atoms with Crippen molar-refractivity contribution in [2.45, 2.75) is 0 Å². The van der Waals surface area contributed by atoms with Gasteiger partial charge in [-0.2, -0.15) is 0 Å². The quantitative estimate of drug-likeness (QED) is 0.524. The summed E-state index contributed by atoms with van der Waals surface area (Å²) in [6.45, 7) is 0. The summed E-state index contributed by atoms with van der Waals surface area (Å²) in [4.78, 5) is 3.11. The highest BCUT2D eigenvalue weighted by Gasteiger charge is 2.04. The van der Waals surface area contributed by atoms with Gasteiger partial charge in [-0.05, 0) is 29.0 Å². The fourth-order valence-electron chi connectivity index (χ4n) is 1.31. The number of benzene rings is 2. The third kappa shape index (κ3) is 1.83. The maximum absolute atomic E-state index is 8.56. The monoisotopic (exact) mass is 249 g/mol. The number of halogens is 1. The van der Waals surface area contributed by atoms with Gasteiger partial charge in [-0.15, -0.1) is 0 Å². The molecule has 2 rings (SSSR count). The minimum atomic E-state index is 0. The molecule has 0 bridgehead atoms. The third-order valence-electron chi connectivity index (χ3n) is 1.96. The number of hydrogen-bond donors (Lipinski definition) is 1. The molecule has 0 aliphatic heterocycles. The predicted molar refractivity (Wildman–Crippen MR) is 53.1 cm³/mol. The molecule has 0 saturated carbocycles. The van der Waals surface area contributed by atoms with Crippen molar-refractivity contribution in [2.24, 2.45) is 0 Å². The van der Waals surface area contributed by atoms with Gasteiger partial charge in [-0.25, -0.2) is 0 Å². The van der Waals surface area contributed by atoms with Crippen LogP contribution in [-0.4, -0.2) is 0 Å². The van der Waals surface area contributed by atoms with E-state index >= 15 is 0 Å². The summed E-state index contributed by atoms with van der Waals surface area (Å²) in [6.07, 6.45) is 0. The molecule has 0 unspecified atom stereocenters. The number of diazo groups is 1. The molecule has 0 aromatic heterocycles. The van der Waals surface area contributed by atoms with E-state index < -0.39 is 0 Å². The van der Waals surface area contributed by atoms with Gasteiger partial charge in [0.05, 0.1) is 0 Å². The lowest BCUT2D eigenvalue weighted by molar-refractivity contribution is -0.00000281. The molecule has 14 heavy (non-hydrogen) atoms. The normalized spacial score (nSPS) is 9.07. The van der Waals surface area contributed by atoms with E-state index in [1.165, 1.54) is 0 Å². The minimum Gasteiger partial charge on any atom is -1.00 e. The van der Waals surface area contributed by atoms with Crippen LogP contribution in [0.5, 0.6) is 0 Å². The van der Waals surface area contributed by atoms with Gasteiger partial charge in [0.2, 0.25) is 5.39 Å². The number of nitrogens with two attached hydrogens (primary N) is 1. The summed E-state index contributed by atoms with van der Waals surface area (Å²) in [7, 11) is 0. The first-order chi connectivity index (χ1) is 6.29. The Morgan fingerprint density at radius 1 is 1.00 bits per heavy atom. The molecule has 0 aliphatic rings. The first kappa shape index (κ1) is 10.5. The second-order valence-electron chi connectivity index (χ2n) is 2.89. The molecule has 4 heteroatoms. The van der Waals surface area contributed by atoms with Gasteiger partial charge >= 0.3 is 5.69 Å². The maximum Gasteiger partial charge on any atom is 0.385 e. The van der Waals surface area contributed by atoms with Gasteiger partial charge in [-0.3, -0.25) is 0 Å². The Labute approximate surface area is 91.9 Å². The molecule has 3 nitrogen and oxygen atoms in total. The van der Waals surface area contributed by atoms with Gasteiger partial charge < -0.3 is 22.7 Å². The third-order valence-corrected chi connectivity index (χ3v) is 1.96. The lowest BCUT2D eigenvalue weighted by Gasteiger charge is -1.95. The lowest BCUT2D eigenvalue weighted by Crippen LogP contribution is -3.00. The van der Waals surface area contributed by atoms with E-state index in [2.05, 4.69) is 4.98 Å². The Morgan fingerprint density at radius 3 is 2.43 bits per heavy atom. The predicted octanol–water partition coefficient (Wildman–Crippen LogP) is -0.0894. The molecule has 70 valence electrons. The molecular weight excluding hydrogens is 242 g/mol. The highest BCUT2D eigenvalue weighted by Crippen LogP contribution is 2.22. The number of rotatable bonds is 0. The van der Waals surface area contributed by atoms with Crippen LogP contribution in [0.1, 0.15) is 0 Å². The zero-order valence-electron chi connectivity index (χ0n) is 7.31. The van der Waals surface area contributed by atoms with Crippen molar-refractivity contribution in [3.63, 3.8) is 0 Å². The summed E-state index contributed by atoms with van der Waals surface area (Å²) < 4.78 is 0. The molecule has 0 amide bonds. The Balaban J connectivity index is 0.000000980. The molecule has 0 heterocycles. The van der Waals surface area contributed by atoms with E-state index in [9.17, 15) is 0 Å². The summed E-state index contributed by atoms with van der Waals surface area (Å²) >= 11 is 0. The van der Waals surface area contributed by atoms with Gasteiger partial charge in [0.15, 0.2) is 4.98 Å². The van der Waals surface area contributed by atoms with Crippen molar-refractivity contribution < 1.29 is 17.0 Å². The van der Waals surface area contributed by atoms with Crippen molar-refractivity contribution in [3.05, 3.63) is 41.4 Å². The van der Waals surface area contributed by atoms with Crippen molar-refractivity contribution in [1.82, 2.24) is 0 Å². The van der Waals surface area contributed by atoms with Crippen LogP contribution in [-0.2, 0) is 0 Å². The summed E-state index contributed by atoms with van der Waals surface area (Å²) in [5.74, 6) is 0. The Morgan fingerprint density at radius 2 is 1.71 bits per heavy atom. The number of fused-ring (bicyclic) bond motifs is 1. The molecule has 0 fully saturated rings. The number of hydrogen-bond acceptors (Lipinski definition) is 2. The zero-order valence-corrected chi connectivity index (χ0v) is 8.90. The molecule has 2 N–H and O–H groups in total. The van der Waals surface area contributed by atoms with Crippen LogP contribution in [0.3, 0.4) is 0 Å². The van der Waals surface area contributed by atoms with Crippen molar-refractivity contribution in [2.75, 3.05) is 5.73 Å². The standard InChI is InChI=1S/C10H8N3.BrH/c11-9-3-1-7-2-4-10(13-12)6-8(7)5-9;/h1-6H,11H2;1H/q+1;/p-1. The van der Waals surface area contributed by atoms with Gasteiger partial charge in [0, 0.05) is 17.8 Å². The summed E-state index contributed by atoms with van der Waals surface area (Å²) in [5.41, 5.74) is 6.87. The Bertz CT molecular complexity index is 502. The van der Waals surface area contributed by atoms with Gasteiger partial charge in [-0.1, -0.05) is 6.07 Å². The van der Waals surface area contributed by atoms with Crippen LogP contribution in [0.15, 0.2) is 36.4 Å². The van der Waals surface area contributed by atoms with Crippen LogP contribution in [0.25, 0.3) is 15.7 Å². The van der Waals surface area contributed by atoms with E-state index in [0.29, 0.717) is 11.4 Å². The molecule has 0 atom stereocenters. The van der Waals surface area contributed by atoms with E-state index in [4.69, 9.17) is 11.1 Å². The van der Waals surface area contributed by atoms with Gasteiger partial charge in [0.25, 0.3) is 0 Å². The van der Waals surface area contributed by atoms with Crippen LogP contribution in [0.4, 0.5) is 11.4 Å². The van der Waals surface area contributed by atoms with Crippen molar-refractivity contribution in [1.29, 1.82) is 5.39 Å². The minimum absolute atomic E-state index is 0. The van der Waals surface area contributed by atoms with E-state index in [-0.39, 0.29) is 17.0 Å². The van der Waals surface area contributed by atoms with E-state index in [1.807, 2.05) is 24.3 Å². The fraction of sp³-hybridized carbons (Fsp3) is 0. The number of nitrogens with zero attached hydrogens (tertiary/aromatic N) is 2.